The van der Waals surface area contributed by atoms with E-state index in [2.05, 4.69) is 13.8 Å². The first-order chi connectivity index (χ1) is 16.0. The van der Waals surface area contributed by atoms with Crippen molar-refractivity contribution < 1.29 is 28.6 Å². The van der Waals surface area contributed by atoms with Crippen LogP contribution in [0, 0.1) is 34.5 Å². The van der Waals surface area contributed by atoms with Gasteiger partial charge in [-0.2, -0.15) is 0 Å². The van der Waals surface area contributed by atoms with Crippen molar-refractivity contribution in [2.24, 2.45) is 40.2 Å². The summed E-state index contributed by atoms with van der Waals surface area (Å²) in [6.07, 6.45) is 7.30. The molecule has 3 N–H and O–H groups in total. The SMILES string of the molecule is CC(=O)OC[C@H]1C[C@@H](OC(C)=O)CC[C@]1(C)[C@H]1CC[C@@]2(C)[C@@H](CC[C@@]2(O)c2ccco2)[C@@H]1CN. The Morgan fingerprint density at radius 2 is 1.85 bits per heavy atom. The highest BCUT2D eigenvalue weighted by atomic mass is 16.5. The van der Waals surface area contributed by atoms with E-state index in [4.69, 9.17) is 19.6 Å². The van der Waals surface area contributed by atoms with Crippen molar-refractivity contribution in [2.75, 3.05) is 13.2 Å². The molecule has 0 unspecified atom stereocenters. The number of carbonyl (C=O) groups excluding carboxylic acids is 2. The molecule has 4 rings (SSSR count). The highest BCUT2D eigenvalue weighted by molar-refractivity contribution is 5.66. The maximum absolute atomic E-state index is 11.9. The number of hydrogen-bond donors (Lipinski definition) is 2. The number of carbonyl (C=O) groups is 2. The van der Waals surface area contributed by atoms with Gasteiger partial charge in [0, 0.05) is 25.2 Å². The number of ether oxygens (including phenoxy) is 2. The summed E-state index contributed by atoms with van der Waals surface area (Å²) in [5.41, 5.74) is 5.10. The molecular weight excluding hydrogens is 434 g/mol. The number of nitrogens with two attached hydrogens (primary N) is 1. The van der Waals surface area contributed by atoms with Gasteiger partial charge in [0.25, 0.3) is 0 Å². The van der Waals surface area contributed by atoms with Crippen LogP contribution in [0.25, 0.3) is 0 Å². The van der Waals surface area contributed by atoms with Gasteiger partial charge in [0.15, 0.2) is 0 Å². The molecule has 0 aromatic carbocycles. The van der Waals surface area contributed by atoms with E-state index in [1.54, 1.807) is 6.26 Å². The summed E-state index contributed by atoms with van der Waals surface area (Å²) in [7, 11) is 0. The van der Waals surface area contributed by atoms with Crippen molar-refractivity contribution in [2.45, 2.75) is 84.3 Å². The van der Waals surface area contributed by atoms with Gasteiger partial charge in [-0.15, -0.1) is 0 Å². The molecule has 0 saturated heterocycles. The fraction of sp³-hybridized carbons (Fsp3) is 0.778. The van der Waals surface area contributed by atoms with Crippen LogP contribution in [0.15, 0.2) is 22.8 Å². The molecule has 0 spiro atoms. The van der Waals surface area contributed by atoms with Crippen molar-refractivity contribution in [3.8, 4) is 0 Å². The van der Waals surface area contributed by atoms with E-state index >= 15 is 0 Å². The van der Waals surface area contributed by atoms with Gasteiger partial charge in [0.2, 0.25) is 0 Å². The summed E-state index contributed by atoms with van der Waals surface area (Å²) in [6.45, 7) is 8.29. The van der Waals surface area contributed by atoms with Gasteiger partial charge in [0.1, 0.15) is 17.5 Å². The normalized spacial score (nSPS) is 42.1. The van der Waals surface area contributed by atoms with Gasteiger partial charge in [0.05, 0.1) is 12.9 Å². The zero-order chi connectivity index (χ0) is 24.7. The van der Waals surface area contributed by atoms with Gasteiger partial charge >= 0.3 is 11.9 Å². The lowest BCUT2D eigenvalue weighted by Crippen LogP contribution is -2.56. The van der Waals surface area contributed by atoms with Crippen molar-refractivity contribution in [3.05, 3.63) is 24.2 Å². The first kappa shape index (κ1) is 25.2. The summed E-state index contributed by atoms with van der Waals surface area (Å²) in [5.74, 6) is 1.06. The van der Waals surface area contributed by atoms with Crippen LogP contribution in [0.1, 0.15) is 78.4 Å². The highest BCUT2D eigenvalue weighted by Gasteiger charge is 2.64. The third kappa shape index (κ3) is 4.09. The van der Waals surface area contributed by atoms with Crippen LogP contribution in [0.4, 0.5) is 0 Å². The number of rotatable bonds is 6. The quantitative estimate of drug-likeness (QED) is 0.594. The Labute approximate surface area is 202 Å². The largest absolute Gasteiger partial charge is 0.466 e. The molecule has 1 aromatic heterocycles. The molecule has 3 aliphatic carbocycles. The second-order valence-corrected chi connectivity index (χ2v) is 11.5. The van der Waals surface area contributed by atoms with Crippen molar-refractivity contribution in [1.29, 1.82) is 0 Å². The van der Waals surface area contributed by atoms with Crippen LogP contribution in [0.2, 0.25) is 0 Å². The summed E-state index contributed by atoms with van der Waals surface area (Å²) < 4.78 is 16.8. The lowest BCUT2D eigenvalue weighted by molar-refractivity contribution is -0.168. The summed E-state index contributed by atoms with van der Waals surface area (Å²) in [6, 6.07) is 3.74. The minimum atomic E-state index is -0.982. The lowest BCUT2D eigenvalue weighted by atomic mass is 9.48. The summed E-state index contributed by atoms with van der Waals surface area (Å²) in [5, 5.41) is 11.9. The Kier molecular flexibility index (Phi) is 6.91. The standard InChI is InChI=1S/C27H41NO6/c1-17(29)33-16-19-14-20(34-18(2)30)7-10-25(19,3)22-8-11-26(4)23(21(22)15-28)9-12-27(26,31)24-6-5-13-32-24/h5-6,13,19-23,31H,7-12,14-16,28H2,1-4H3/t19-,20+,21-,22+,23+,25+,26+,27-/m1/s1. The average molecular weight is 476 g/mol. The van der Waals surface area contributed by atoms with E-state index in [-0.39, 0.29) is 46.6 Å². The molecule has 7 nitrogen and oxygen atoms in total. The molecule has 3 aliphatic rings. The molecule has 7 heteroatoms. The molecule has 0 bridgehead atoms. The number of fused-ring (bicyclic) bond motifs is 1. The van der Waals surface area contributed by atoms with Gasteiger partial charge in [-0.25, -0.2) is 0 Å². The van der Waals surface area contributed by atoms with E-state index in [9.17, 15) is 14.7 Å². The fourth-order valence-corrected chi connectivity index (χ4v) is 8.06. The Balaban J connectivity index is 1.61. The van der Waals surface area contributed by atoms with Crippen LogP contribution in [-0.4, -0.2) is 36.3 Å². The summed E-state index contributed by atoms with van der Waals surface area (Å²) in [4.78, 5) is 23.3. The molecule has 1 heterocycles. The molecule has 0 amide bonds. The number of hydrogen-bond acceptors (Lipinski definition) is 7. The topological polar surface area (TPSA) is 112 Å². The van der Waals surface area contributed by atoms with Crippen molar-refractivity contribution in [1.82, 2.24) is 0 Å². The minimum absolute atomic E-state index is 0.0864. The second kappa shape index (κ2) is 9.30. The van der Waals surface area contributed by atoms with E-state index < -0.39 is 5.60 Å². The van der Waals surface area contributed by atoms with Gasteiger partial charge in [-0.3, -0.25) is 9.59 Å². The Hall–Kier alpha value is -1.86. The maximum Gasteiger partial charge on any atom is 0.302 e. The number of furan rings is 1. The molecule has 8 atom stereocenters. The van der Waals surface area contributed by atoms with Crippen LogP contribution >= 0.6 is 0 Å². The molecule has 34 heavy (non-hydrogen) atoms. The lowest BCUT2D eigenvalue weighted by Gasteiger charge is -2.58. The third-order valence-corrected chi connectivity index (χ3v) is 9.94. The molecule has 0 aliphatic heterocycles. The second-order valence-electron chi connectivity index (χ2n) is 11.5. The molecule has 1 aromatic rings. The highest BCUT2D eigenvalue weighted by Crippen LogP contribution is 2.67. The molecule has 3 saturated carbocycles. The van der Waals surface area contributed by atoms with Gasteiger partial charge in [-0.1, -0.05) is 13.8 Å². The first-order valence-electron chi connectivity index (χ1n) is 12.8. The Morgan fingerprint density at radius 3 is 2.47 bits per heavy atom. The maximum atomic E-state index is 11.9. The third-order valence-electron chi connectivity index (χ3n) is 9.94. The average Bonchev–Trinajstić information content (AvgIpc) is 3.41. The van der Waals surface area contributed by atoms with Crippen LogP contribution in [-0.2, 0) is 24.7 Å². The Bertz CT molecular complexity index is 886. The van der Waals surface area contributed by atoms with Crippen LogP contribution in [0.5, 0.6) is 0 Å². The molecule has 3 fully saturated rings. The van der Waals surface area contributed by atoms with E-state index in [0.717, 1.165) is 32.1 Å². The zero-order valence-corrected chi connectivity index (χ0v) is 21.0. The first-order valence-corrected chi connectivity index (χ1v) is 12.8. The fourth-order valence-electron chi connectivity index (χ4n) is 8.06. The molecule has 190 valence electrons. The van der Waals surface area contributed by atoms with E-state index in [0.29, 0.717) is 37.7 Å². The van der Waals surface area contributed by atoms with Gasteiger partial charge in [-0.05, 0) is 86.8 Å². The smallest absolute Gasteiger partial charge is 0.302 e. The Morgan fingerprint density at radius 1 is 1.12 bits per heavy atom. The predicted molar refractivity (Wildman–Crippen MR) is 126 cm³/mol. The minimum Gasteiger partial charge on any atom is -0.466 e. The van der Waals surface area contributed by atoms with Crippen LogP contribution in [0.3, 0.4) is 0 Å². The molecular formula is C27H41NO6. The van der Waals surface area contributed by atoms with Crippen LogP contribution < -0.4 is 5.73 Å². The number of aliphatic hydroxyl groups is 1. The van der Waals surface area contributed by atoms with Crippen molar-refractivity contribution >= 4 is 11.9 Å². The predicted octanol–water partition coefficient (Wildman–Crippen LogP) is 4.17. The molecule has 0 radical (unpaired) electrons. The summed E-state index contributed by atoms with van der Waals surface area (Å²) >= 11 is 0. The van der Waals surface area contributed by atoms with Gasteiger partial charge < -0.3 is 24.7 Å². The zero-order valence-electron chi connectivity index (χ0n) is 21.0. The number of esters is 2. The monoisotopic (exact) mass is 475 g/mol. The van der Waals surface area contributed by atoms with Crippen molar-refractivity contribution in [3.63, 3.8) is 0 Å². The van der Waals surface area contributed by atoms with E-state index in [1.807, 2.05) is 12.1 Å². The van der Waals surface area contributed by atoms with E-state index in [1.165, 1.54) is 13.8 Å².